The maximum Gasteiger partial charge on any atom is 0.249 e. The van der Waals surface area contributed by atoms with E-state index in [9.17, 15) is 14.9 Å². The summed E-state index contributed by atoms with van der Waals surface area (Å²) >= 11 is 6.58. The minimum absolute atomic E-state index is 0.158. The maximum absolute atomic E-state index is 13.5. The van der Waals surface area contributed by atoms with Gasteiger partial charge in [0.05, 0.1) is 11.8 Å². The summed E-state index contributed by atoms with van der Waals surface area (Å²) in [6.07, 6.45) is 0. The normalized spacial score (nSPS) is 11.9. The first kappa shape index (κ1) is 20.6. The monoisotopic (exact) mass is 452 g/mol. The zero-order chi connectivity index (χ0) is 22.9. The Bertz CT molecular complexity index is 1500. The van der Waals surface area contributed by atoms with Crippen molar-refractivity contribution in [2.45, 2.75) is 0 Å². The lowest BCUT2D eigenvalue weighted by Gasteiger charge is -2.10. The smallest absolute Gasteiger partial charge is 0.249 e. The van der Waals surface area contributed by atoms with E-state index >= 15 is 0 Å². The Morgan fingerprint density at radius 3 is 2.27 bits per heavy atom. The fourth-order valence-electron chi connectivity index (χ4n) is 4.13. The molecule has 1 aliphatic heterocycles. The third-order valence-electron chi connectivity index (χ3n) is 5.60. The lowest BCUT2D eigenvalue weighted by molar-refractivity contribution is -0.117. The molecule has 5 rings (SSSR count). The van der Waals surface area contributed by atoms with Crippen molar-refractivity contribution in [1.82, 2.24) is 10.2 Å². The van der Waals surface area contributed by atoms with Gasteiger partial charge in [0.25, 0.3) is 0 Å². The molecule has 0 spiro atoms. The number of aromatic nitrogens is 2. The van der Waals surface area contributed by atoms with Gasteiger partial charge in [-0.3, -0.25) is 19.8 Å². The van der Waals surface area contributed by atoms with Crippen LogP contribution in [0.5, 0.6) is 0 Å². The summed E-state index contributed by atoms with van der Waals surface area (Å²) in [6, 6.07) is 25.7. The van der Waals surface area contributed by atoms with Crippen molar-refractivity contribution in [2.75, 3.05) is 5.32 Å². The molecule has 0 radical (unpaired) electrons. The predicted octanol–water partition coefficient (Wildman–Crippen LogP) is 5.88. The van der Waals surface area contributed by atoms with Gasteiger partial charge in [-0.25, -0.2) is 0 Å². The van der Waals surface area contributed by atoms with Crippen LogP contribution in [0.2, 0.25) is 5.02 Å². The Morgan fingerprint density at radius 2 is 1.58 bits per heavy atom. The second-order valence-corrected chi connectivity index (χ2v) is 7.97. The van der Waals surface area contributed by atoms with Crippen LogP contribution in [-0.4, -0.2) is 21.9 Å². The average Bonchev–Trinajstić information content (AvgIpc) is 3.40. The van der Waals surface area contributed by atoms with Gasteiger partial charge in [0, 0.05) is 32.6 Å². The van der Waals surface area contributed by atoms with Crippen LogP contribution in [0, 0.1) is 17.2 Å². The number of Topliss-reactive ketones (excluding diaryl/α,β-unsaturated/α-hetero) is 1. The Labute approximate surface area is 194 Å². The number of nitrogens with zero attached hydrogens (tertiary/aromatic N) is 1. The first-order valence-corrected chi connectivity index (χ1v) is 10.6. The maximum atomic E-state index is 13.5. The largest absolute Gasteiger partial charge is 0.325 e. The van der Waals surface area contributed by atoms with Crippen molar-refractivity contribution < 1.29 is 9.59 Å². The van der Waals surface area contributed by atoms with Crippen molar-refractivity contribution in [3.05, 3.63) is 89.6 Å². The first-order chi connectivity index (χ1) is 16.1. The van der Waals surface area contributed by atoms with Crippen LogP contribution in [0.25, 0.3) is 33.2 Å². The average molecular weight is 453 g/mol. The number of amides is 1. The fraction of sp³-hybridized carbons (Fsp3) is 0.0385. The van der Waals surface area contributed by atoms with Gasteiger partial charge in [-0.1, -0.05) is 72.3 Å². The van der Waals surface area contributed by atoms with E-state index in [1.54, 1.807) is 30.3 Å². The minimum atomic E-state index is -1.53. The van der Waals surface area contributed by atoms with Gasteiger partial charge in [-0.05, 0) is 23.8 Å². The van der Waals surface area contributed by atoms with Crippen LogP contribution >= 0.6 is 11.6 Å². The number of nitriles is 1. The number of hydrogen-bond donors (Lipinski definition) is 3. The molecule has 33 heavy (non-hydrogen) atoms. The summed E-state index contributed by atoms with van der Waals surface area (Å²) in [5.74, 6) is -2.84. The van der Waals surface area contributed by atoms with E-state index in [0.717, 1.165) is 21.9 Å². The number of halogens is 1. The van der Waals surface area contributed by atoms with Crippen LogP contribution in [0.1, 0.15) is 10.5 Å². The SMILES string of the molecule is N#CC(C(=O)Nc1ccccc1)C(=O)c1[nH][nH]c2c3cccc(Cl)c3c(-c3ccccc3)c1-2. The van der Waals surface area contributed by atoms with Crippen LogP contribution in [-0.2, 0) is 4.79 Å². The molecule has 1 atom stereocenters. The standard InChI is InChI=1S/C26H17ClN4O2/c27-19-13-7-12-17-21(19)20(15-8-3-1-4-9-15)22-23(17)30-31-24(22)25(32)18(14-28)26(33)29-16-10-5-2-6-11-16/h1-13,18,30-31H,(H,29,33). The van der Waals surface area contributed by atoms with Gasteiger partial charge < -0.3 is 5.32 Å². The van der Waals surface area contributed by atoms with Gasteiger partial charge in [-0.2, -0.15) is 5.26 Å². The number of H-pyrrole nitrogens is 2. The summed E-state index contributed by atoms with van der Waals surface area (Å²) in [7, 11) is 0. The summed E-state index contributed by atoms with van der Waals surface area (Å²) in [5.41, 5.74) is 3.60. The third-order valence-corrected chi connectivity index (χ3v) is 5.91. The van der Waals surface area contributed by atoms with Gasteiger partial charge in [0.1, 0.15) is 5.69 Å². The first-order valence-electron chi connectivity index (χ1n) is 10.3. The van der Waals surface area contributed by atoms with E-state index in [2.05, 4.69) is 15.5 Å². The molecule has 1 amide bonds. The highest BCUT2D eigenvalue weighted by Crippen LogP contribution is 2.48. The highest BCUT2D eigenvalue weighted by Gasteiger charge is 2.34. The third kappa shape index (κ3) is 3.45. The molecule has 160 valence electrons. The number of ketones is 1. The van der Waals surface area contributed by atoms with E-state index < -0.39 is 17.6 Å². The molecule has 0 saturated carbocycles. The number of fused-ring (bicyclic) bond motifs is 3. The molecule has 2 aliphatic rings. The van der Waals surface area contributed by atoms with Crippen LogP contribution in [0.3, 0.4) is 0 Å². The topological polar surface area (TPSA) is 102 Å². The highest BCUT2D eigenvalue weighted by molar-refractivity contribution is 6.39. The Hall–Kier alpha value is -4.34. The Kier molecular flexibility index (Phi) is 5.17. The van der Waals surface area contributed by atoms with Crippen molar-refractivity contribution in [3.63, 3.8) is 0 Å². The molecule has 3 aromatic rings. The second-order valence-electron chi connectivity index (χ2n) is 7.56. The Morgan fingerprint density at radius 1 is 0.879 bits per heavy atom. The van der Waals surface area contributed by atoms with Gasteiger partial charge in [-0.15, -0.1) is 0 Å². The number of aromatic amines is 2. The van der Waals surface area contributed by atoms with Gasteiger partial charge >= 0.3 is 0 Å². The molecule has 7 heteroatoms. The summed E-state index contributed by atoms with van der Waals surface area (Å²) in [6.45, 7) is 0. The molecule has 0 saturated heterocycles. The molecule has 1 heterocycles. The Balaban J connectivity index is 1.64. The van der Waals surface area contributed by atoms with Crippen LogP contribution < -0.4 is 5.32 Å². The van der Waals surface area contributed by atoms with E-state index in [1.807, 2.05) is 54.6 Å². The molecule has 1 aliphatic carbocycles. The summed E-state index contributed by atoms with van der Waals surface area (Å²) in [4.78, 5) is 26.3. The highest BCUT2D eigenvalue weighted by atomic mass is 35.5. The van der Waals surface area contributed by atoms with Crippen LogP contribution in [0.4, 0.5) is 5.69 Å². The molecule has 0 fully saturated rings. The molecule has 1 unspecified atom stereocenters. The van der Waals surface area contributed by atoms with E-state index in [-0.39, 0.29) is 5.69 Å². The summed E-state index contributed by atoms with van der Waals surface area (Å²) < 4.78 is 0. The van der Waals surface area contributed by atoms with Gasteiger partial charge in [0.15, 0.2) is 5.92 Å². The molecule has 3 aromatic carbocycles. The number of carbonyl (C=O) groups excluding carboxylic acids is 2. The number of hydrogen-bond acceptors (Lipinski definition) is 3. The second kappa shape index (κ2) is 8.30. The molecule has 0 bridgehead atoms. The predicted molar refractivity (Wildman–Crippen MR) is 128 cm³/mol. The molecular formula is C26H17ClN4O2. The number of anilines is 1. The number of rotatable bonds is 5. The number of carbonyl (C=O) groups is 2. The van der Waals surface area contributed by atoms with Crippen LogP contribution in [0.15, 0.2) is 78.9 Å². The fourth-order valence-corrected chi connectivity index (χ4v) is 4.40. The van der Waals surface area contributed by atoms with Crippen molar-refractivity contribution in [3.8, 4) is 28.5 Å². The number of nitrogens with one attached hydrogen (secondary N) is 3. The van der Waals surface area contributed by atoms with Crippen molar-refractivity contribution >= 4 is 39.8 Å². The molecule has 3 N–H and O–H groups in total. The lowest BCUT2D eigenvalue weighted by atomic mass is 9.95. The zero-order valence-corrected chi connectivity index (χ0v) is 18.0. The molecule has 6 nitrogen and oxygen atoms in total. The lowest BCUT2D eigenvalue weighted by Crippen LogP contribution is -2.29. The van der Waals surface area contributed by atoms with Gasteiger partial charge in [0.2, 0.25) is 11.7 Å². The minimum Gasteiger partial charge on any atom is -0.325 e. The van der Waals surface area contributed by atoms with E-state index in [0.29, 0.717) is 22.0 Å². The van der Waals surface area contributed by atoms with E-state index in [4.69, 9.17) is 11.6 Å². The summed E-state index contributed by atoms with van der Waals surface area (Å²) in [5, 5.41) is 20.5. The number of para-hydroxylation sites is 1. The molecule has 0 aromatic heterocycles. The quantitative estimate of drug-likeness (QED) is 0.229. The zero-order valence-electron chi connectivity index (χ0n) is 17.2. The van der Waals surface area contributed by atoms with Crippen molar-refractivity contribution in [1.29, 1.82) is 5.26 Å². The van der Waals surface area contributed by atoms with Crippen molar-refractivity contribution in [2.24, 2.45) is 5.92 Å². The number of benzene rings is 3. The van der Waals surface area contributed by atoms with E-state index in [1.165, 1.54) is 0 Å². The molecular weight excluding hydrogens is 436 g/mol.